The van der Waals surface area contributed by atoms with Crippen LogP contribution in [0.25, 0.3) is 11.0 Å². The van der Waals surface area contributed by atoms with E-state index >= 15 is 0 Å². The van der Waals surface area contributed by atoms with Crippen molar-refractivity contribution < 1.29 is 83.8 Å². The number of aliphatic hydroxyl groups excluding tert-OH is 2. The number of fused-ring (bicyclic) bond motifs is 7. The number of aryl methyl sites for hydroxylation is 2. The summed E-state index contributed by atoms with van der Waals surface area (Å²) in [6.07, 6.45) is -4.59. The maximum Gasteiger partial charge on any atom is 0.268 e. The minimum absolute atomic E-state index is 0. The summed E-state index contributed by atoms with van der Waals surface area (Å²) in [5.41, 5.74) is 37.2. The van der Waals surface area contributed by atoms with E-state index in [4.69, 9.17) is 63.2 Å². The largest absolute Gasteiger partial charge is 0.756 e. The molecule has 29 heteroatoms. The number of aromatic nitrogens is 2. The number of rotatable bonds is 26. The molecule has 8 bridgehead atoms. The van der Waals surface area contributed by atoms with Crippen LogP contribution in [-0.2, 0) is 68.7 Å². The molecular weight excluding hydrogens is 1240 g/mol. The number of hydrogen-bond donors (Lipinski definition) is 10. The molecule has 91 heavy (non-hydrogen) atoms. The molecule has 1 aromatic heterocycles. The maximum absolute atomic E-state index is 14.4. The second-order valence-electron chi connectivity index (χ2n) is 27.1. The number of carbonyl (C=O) groups excluding carboxylic acids is 7. The van der Waals surface area contributed by atoms with Crippen molar-refractivity contribution in [2.45, 2.75) is 189 Å². The standard InChI is InChI=1S/C62H90N13O14P.Co/c1-29-20-39-40(21-30(29)2)75(28-70-39)57-52(84)53(41(27-76)87-57)89-90(85,86)88-31(3)26-69-49(83)18-19-59(8)37(22-46(66)80)56-62(11)61(10,25-48(68)82)36(14-17-45(65)79)51(74-62)33(5)55-60(9,24-47(67)81)34(12-15-43(63)77)38(71-55)23-42-58(6,7)35(13-16-44(64)78)50(72-42)32(4)54(59)73-56;/h20-21,23,28,31,34-37,41,52-53,56-57,73,76,84H,12-19,22,24-27H2,1-11H3,(H2,63,77)(H2,64,78)(H2,65,79)(H2,66,80)(H2,67,81)(H2,68,82)(H,69,83)(H,85,86);/p-1/b42-23-,54-32-,55-33-;/t31-,34-,35-,36-,37+,41-,52-,53-,56-,57+,59-,60+,61+,62+;/m1./s1. The van der Waals surface area contributed by atoms with Gasteiger partial charge in [0.05, 0.1) is 47.3 Å². The smallest absolute Gasteiger partial charge is 0.268 e. The van der Waals surface area contributed by atoms with E-state index < -0.39 is 143 Å². The predicted molar refractivity (Wildman–Crippen MR) is 331 cm³/mol. The van der Waals surface area contributed by atoms with Crippen LogP contribution in [0.15, 0.2) is 67.8 Å². The molecule has 7 heterocycles. The predicted octanol–water partition coefficient (Wildman–Crippen LogP) is 2.53. The maximum atomic E-state index is 14.4. The first kappa shape index (κ1) is 71.9. The van der Waals surface area contributed by atoms with E-state index in [1.807, 2.05) is 80.5 Å². The Bertz CT molecular complexity index is 3540. The van der Waals surface area contributed by atoms with Crippen molar-refractivity contribution in [3.8, 4) is 0 Å². The summed E-state index contributed by atoms with van der Waals surface area (Å²) in [6, 6.07) is 2.78. The first-order valence-corrected chi connectivity index (χ1v) is 32.0. The van der Waals surface area contributed by atoms with Crippen LogP contribution in [0.3, 0.4) is 0 Å². The van der Waals surface area contributed by atoms with Gasteiger partial charge in [-0.1, -0.05) is 34.6 Å². The number of nitrogens with two attached hydrogens (primary N) is 6. The van der Waals surface area contributed by atoms with E-state index in [-0.39, 0.29) is 94.0 Å². The summed E-state index contributed by atoms with van der Waals surface area (Å²) in [5, 5.41) is 28.3. The summed E-state index contributed by atoms with van der Waals surface area (Å²) in [4.78, 5) is 128. The van der Waals surface area contributed by atoms with Crippen LogP contribution in [0.2, 0.25) is 0 Å². The third-order valence-corrected chi connectivity index (χ3v) is 21.7. The van der Waals surface area contributed by atoms with Crippen LogP contribution in [0.1, 0.15) is 150 Å². The van der Waals surface area contributed by atoms with Gasteiger partial charge in [0.1, 0.15) is 18.3 Å². The zero-order chi connectivity index (χ0) is 66.7. The van der Waals surface area contributed by atoms with Crippen LogP contribution in [0.4, 0.5) is 0 Å². The fourth-order valence-corrected chi connectivity index (χ4v) is 16.6. The Morgan fingerprint density at radius 2 is 1.38 bits per heavy atom. The van der Waals surface area contributed by atoms with Gasteiger partial charge in [-0.25, -0.2) is 4.98 Å². The third-order valence-electron chi connectivity index (χ3n) is 20.6. The number of nitrogens with zero attached hydrogens (tertiary/aromatic N) is 5. The average molecular weight is 1330 g/mol. The molecule has 0 aliphatic carbocycles. The number of aliphatic hydroxyl groups is 2. The van der Waals surface area contributed by atoms with Gasteiger partial charge in [-0.2, -0.15) is 0 Å². The number of phosphoric acid groups is 1. The van der Waals surface area contributed by atoms with E-state index in [2.05, 4.69) is 15.6 Å². The summed E-state index contributed by atoms with van der Waals surface area (Å²) >= 11 is 0. The molecule has 501 valence electrons. The SMILES string of the molecule is C/C1=C2/N[C@H]([C@H](CC(N)=O)[C@@]2(C)CCC(=O)NC[C@@H](C)OP(=O)([O-])O[C@H]2[C@@H](O)[C@@H](n3cnc4cc(C)c(C)cc43)O[C@@H]2CO)[C@]2(C)N=C(/C(C)=C3N=C(/C=C4N=C1[C@@H](CCC(N)=O)C\4(C)C)[C@@H](CCC(N)=O)[C@]\3(C)CC(N)=O)[C@@H](CCC(N)=O)[C@]2(C)CC(N)=O.[Co]. The second-order valence-corrected chi connectivity index (χ2v) is 28.4. The molecule has 15 atom stereocenters. The fourth-order valence-electron chi connectivity index (χ4n) is 15.5. The number of nitrogens with one attached hydrogen (secondary N) is 2. The Kier molecular flexibility index (Phi) is 21.2. The van der Waals surface area contributed by atoms with Crippen molar-refractivity contribution in [3.63, 3.8) is 0 Å². The van der Waals surface area contributed by atoms with Gasteiger partial charge in [0.2, 0.25) is 41.4 Å². The number of benzene rings is 1. The van der Waals surface area contributed by atoms with Crippen molar-refractivity contribution in [2.75, 3.05) is 13.2 Å². The Hall–Kier alpha value is -6.49. The molecular formula is C62H89CoN13O14P-. The minimum atomic E-state index is -5.32. The number of aliphatic imine (C=N–C) groups is 3. The molecule has 16 N–H and O–H groups in total. The number of hydrogen-bond acceptors (Lipinski definition) is 19. The van der Waals surface area contributed by atoms with Gasteiger partial charge in [-0.15, -0.1) is 0 Å². The number of imidazole rings is 1. The minimum Gasteiger partial charge on any atom is -0.756 e. The van der Waals surface area contributed by atoms with Crippen molar-refractivity contribution in [1.29, 1.82) is 0 Å². The Morgan fingerprint density at radius 3 is 1.97 bits per heavy atom. The summed E-state index contributed by atoms with van der Waals surface area (Å²) < 4.78 is 31.9. The van der Waals surface area contributed by atoms with Crippen LogP contribution >= 0.6 is 7.82 Å². The number of ether oxygens (including phenoxy) is 1. The van der Waals surface area contributed by atoms with Crippen molar-refractivity contribution >= 4 is 77.3 Å². The molecule has 2 fully saturated rings. The molecule has 0 saturated carbocycles. The molecule has 1 aromatic carbocycles. The monoisotopic (exact) mass is 1330 g/mol. The van der Waals surface area contributed by atoms with Crippen molar-refractivity contribution in [1.82, 2.24) is 20.2 Å². The van der Waals surface area contributed by atoms with Crippen LogP contribution < -0.4 is 49.9 Å². The van der Waals surface area contributed by atoms with E-state index in [0.29, 0.717) is 56.4 Å². The zero-order valence-electron chi connectivity index (χ0n) is 53.5. The van der Waals surface area contributed by atoms with Gasteiger partial charge in [0.25, 0.3) is 7.82 Å². The number of carbonyl (C=O) groups is 7. The summed E-state index contributed by atoms with van der Waals surface area (Å²) in [5.74, 6) is -7.23. The molecule has 27 nitrogen and oxygen atoms in total. The van der Waals surface area contributed by atoms with Gasteiger partial charge < -0.3 is 78.5 Å². The molecule has 2 aromatic rings. The summed E-state index contributed by atoms with van der Waals surface area (Å²) in [6.45, 7) is 19.1. The molecule has 1 radical (unpaired) electrons. The van der Waals surface area contributed by atoms with E-state index in [9.17, 15) is 53.2 Å². The summed E-state index contributed by atoms with van der Waals surface area (Å²) in [7, 11) is -5.32. The van der Waals surface area contributed by atoms with E-state index in [0.717, 1.165) is 11.1 Å². The van der Waals surface area contributed by atoms with Gasteiger partial charge in [-0.3, -0.25) is 53.1 Å². The van der Waals surface area contributed by atoms with Gasteiger partial charge in [0.15, 0.2) is 6.23 Å². The van der Waals surface area contributed by atoms with Crippen molar-refractivity contribution in [2.24, 2.45) is 94.7 Å². The Morgan fingerprint density at radius 1 is 0.791 bits per heavy atom. The van der Waals surface area contributed by atoms with Gasteiger partial charge in [0, 0.05) is 142 Å². The van der Waals surface area contributed by atoms with E-state index in [1.54, 1.807) is 6.92 Å². The number of primary amides is 6. The normalized spacial score (nSPS) is 33.8. The Balaban J connectivity index is 0.0000118. The topological polar surface area (TPSA) is 463 Å². The zero-order valence-corrected chi connectivity index (χ0v) is 55.5. The molecule has 0 spiro atoms. The quantitative estimate of drug-likeness (QED) is 0.0605. The van der Waals surface area contributed by atoms with Gasteiger partial charge in [-0.05, 0) is 108 Å². The van der Waals surface area contributed by atoms with Crippen LogP contribution in [-0.4, -0.2) is 127 Å². The van der Waals surface area contributed by atoms with Crippen LogP contribution in [0, 0.1) is 59.2 Å². The van der Waals surface area contributed by atoms with Crippen LogP contribution in [0.5, 0.6) is 0 Å². The average Bonchev–Trinajstić information content (AvgIpc) is 1.53. The molecule has 1 unspecified atom stereocenters. The number of amides is 7. The van der Waals surface area contributed by atoms with E-state index in [1.165, 1.54) is 17.8 Å². The molecule has 2 saturated heterocycles. The Labute approximate surface area is 539 Å². The second kappa shape index (κ2) is 26.8. The number of phosphoric ester groups is 1. The molecule has 6 aliphatic rings. The first-order valence-electron chi connectivity index (χ1n) is 30.6. The fraction of sp³-hybridized carbons (Fsp3) is 0.629. The third kappa shape index (κ3) is 13.8. The first-order chi connectivity index (χ1) is 41.8. The number of allylic oxidation sites excluding steroid dienone is 6. The van der Waals surface area contributed by atoms with Gasteiger partial charge >= 0.3 is 0 Å². The molecule has 7 amide bonds. The molecule has 6 aliphatic heterocycles. The van der Waals surface area contributed by atoms with Crippen molar-refractivity contribution in [3.05, 3.63) is 63.9 Å². The molecule has 8 rings (SSSR count).